The van der Waals surface area contributed by atoms with Crippen molar-refractivity contribution in [3.63, 3.8) is 0 Å². The van der Waals surface area contributed by atoms with Gasteiger partial charge in [-0.3, -0.25) is 13.9 Å². The van der Waals surface area contributed by atoms with Crippen molar-refractivity contribution in [2.45, 2.75) is 51.6 Å². The molecule has 0 bridgehead atoms. The molecule has 4 aromatic carbocycles. The van der Waals surface area contributed by atoms with Crippen molar-refractivity contribution in [1.29, 1.82) is 0 Å². The molecule has 46 heavy (non-hydrogen) atoms. The van der Waals surface area contributed by atoms with E-state index in [1.54, 1.807) is 30.3 Å². The molecule has 0 aliphatic heterocycles. The summed E-state index contributed by atoms with van der Waals surface area (Å²) in [5.74, 6) is -0.324. The Morgan fingerprint density at radius 2 is 1.43 bits per heavy atom. The minimum Gasteiger partial charge on any atom is -0.495 e. The first-order chi connectivity index (χ1) is 22.0. The zero-order valence-corrected chi connectivity index (χ0v) is 28.0. The van der Waals surface area contributed by atoms with Crippen LogP contribution in [0.1, 0.15) is 36.1 Å². The third-order valence-electron chi connectivity index (χ3n) is 7.60. The van der Waals surface area contributed by atoms with E-state index in [1.165, 1.54) is 24.1 Å². The highest BCUT2D eigenvalue weighted by molar-refractivity contribution is 7.92. The highest BCUT2D eigenvalue weighted by Gasteiger charge is 2.35. The Labute approximate surface area is 273 Å². The van der Waals surface area contributed by atoms with E-state index in [-0.39, 0.29) is 35.4 Å². The summed E-state index contributed by atoms with van der Waals surface area (Å²) in [6, 6.07) is 29.5. The quantitative estimate of drug-likeness (QED) is 0.185. The molecule has 0 saturated carbocycles. The van der Waals surface area contributed by atoms with Gasteiger partial charge in [0.1, 0.15) is 18.3 Å². The van der Waals surface area contributed by atoms with Gasteiger partial charge in [-0.15, -0.1) is 0 Å². The number of ether oxygens (including phenoxy) is 1. The van der Waals surface area contributed by atoms with Crippen LogP contribution in [0.4, 0.5) is 5.69 Å². The number of rotatable bonds is 14. The van der Waals surface area contributed by atoms with E-state index in [0.29, 0.717) is 12.3 Å². The summed E-state index contributed by atoms with van der Waals surface area (Å²) in [5.41, 5.74) is 3.74. The fourth-order valence-corrected chi connectivity index (χ4v) is 6.65. The van der Waals surface area contributed by atoms with Gasteiger partial charge in [-0.1, -0.05) is 98.3 Å². The van der Waals surface area contributed by atoms with Crippen molar-refractivity contribution < 1.29 is 22.7 Å². The second-order valence-corrected chi connectivity index (χ2v) is 13.7. The first kappa shape index (κ1) is 34.2. The predicted molar refractivity (Wildman–Crippen MR) is 182 cm³/mol. The minimum absolute atomic E-state index is 0.0344. The van der Waals surface area contributed by atoms with Crippen LogP contribution in [0.3, 0.4) is 0 Å². The molecular formula is C37H43N3O5S. The van der Waals surface area contributed by atoms with Crippen molar-refractivity contribution in [2.75, 3.05) is 24.5 Å². The number of nitrogens with one attached hydrogen (secondary N) is 1. The third-order valence-corrected chi connectivity index (χ3v) is 9.38. The smallest absolute Gasteiger partial charge is 0.264 e. The zero-order valence-electron chi connectivity index (χ0n) is 27.1. The SMILES string of the molecule is COc1ccc(C)cc1N(CC(=O)N(Cc1cccc(C)c1)[C@@H](Cc1ccccc1)C(=O)NCC(C)C)S(=O)(=O)c1ccccc1. The van der Waals surface area contributed by atoms with Crippen LogP contribution in [-0.4, -0.2) is 51.4 Å². The molecule has 1 atom stereocenters. The number of sulfonamides is 1. The van der Waals surface area contributed by atoms with Gasteiger partial charge in [-0.2, -0.15) is 0 Å². The standard InChI is InChI=1S/C37H43N3O5S/c1-27(2)24-38-37(42)34(23-30-14-8-6-9-15-30)39(25-31-16-12-13-28(3)21-31)36(41)26-40(33-22-29(4)19-20-35(33)45-5)46(43,44)32-17-10-7-11-18-32/h6-22,27,34H,23-26H2,1-5H3,(H,38,42)/t34-/m0/s1. The molecule has 0 aliphatic carbocycles. The second-order valence-electron chi connectivity index (χ2n) is 11.9. The topological polar surface area (TPSA) is 96.0 Å². The Bertz CT molecular complexity index is 1730. The Hall–Kier alpha value is -4.63. The molecule has 0 heterocycles. The average molecular weight is 642 g/mol. The fraction of sp³-hybridized carbons (Fsp3) is 0.297. The van der Waals surface area contributed by atoms with E-state index in [2.05, 4.69) is 5.32 Å². The summed E-state index contributed by atoms with van der Waals surface area (Å²) < 4.78 is 35.2. The molecule has 0 unspecified atom stereocenters. The lowest BCUT2D eigenvalue weighted by molar-refractivity contribution is -0.140. The summed E-state index contributed by atoms with van der Waals surface area (Å²) in [4.78, 5) is 30.1. The van der Waals surface area contributed by atoms with Gasteiger partial charge in [0.2, 0.25) is 11.8 Å². The first-order valence-corrected chi connectivity index (χ1v) is 16.8. The van der Waals surface area contributed by atoms with Gasteiger partial charge in [0.15, 0.2) is 0 Å². The number of amides is 2. The van der Waals surface area contributed by atoms with Crippen LogP contribution < -0.4 is 14.4 Å². The van der Waals surface area contributed by atoms with Crippen LogP contribution >= 0.6 is 0 Å². The molecular weight excluding hydrogens is 598 g/mol. The van der Waals surface area contributed by atoms with Gasteiger partial charge in [-0.05, 0) is 60.7 Å². The monoisotopic (exact) mass is 641 g/mol. The van der Waals surface area contributed by atoms with E-state index in [4.69, 9.17) is 4.74 Å². The molecule has 0 radical (unpaired) electrons. The summed E-state index contributed by atoms with van der Waals surface area (Å²) in [7, 11) is -2.77. The first-order valence-electron chi connectivity index (χ1n) is 15.4. The number of hydrogen-bond acceptors (Lipinski definition) is 5. The van der Waals surface area contributed by atoms with E-state index in [0.717, 1.165) is 26.6 Å². The molecule has 242 valence electrons. The molecule has 0 aliphatic rings. The van der Waals surface area contributed by atoms with Crippen LogP contribution in [0, 0.1) is 19.8 Å². The average Bonchev–Trinajstić information content (AvgIpc) is 3.04. The zero-order chi connectivity index (χ0) is 33.3. The van der Waals surface area contributed by atoms with Gasteiger partial charge < -0.3 is 15.0 Å². The number of benzene rings is 4. The van der Waals surface area contributed by atoms with Crippen molar-refractivity contribution in [3.8, 4) is 5.75 Å². The molecule has 0 aromatic heterocycles. The van der Waals surface area contributed by atoms with Gasteiger partial charge >= 0.3 is 0 Å². The van der Waals surface area contributed by atoms with Crippen molar-refractivity contribution in [2.24, 2.45) is 5.92 Å². The van der Waals surface area contributed by atoms with Gasteiger partial charge in [0, 0.05) is 19.5 Å². The maximum absolute atomic E-state index is 14.7. The molecule has 4 aromatic rings. The van der Waals surface area contributed by atoms with E-state index in [9.17, 15) is 18.0 Å². The lowest BCUT2D eigenvalue weighted by atomic mass is 10.0. The Balaban J connectivity index is 1.84. The normalized spacial score (nSPS) is 12.0. The van der Waals surface area contributed by atoms with Crippen molar-refractivity contribution in [3.05, 3.63) is 125 Å². The number of aryl methyl sites for hydroxylation is 2. The third kappa shape index (κ3) is 8.75. The number of methoxy groups -OCH3 is 1. The van der Waals surface area contributed by atoms with Crippen LogP contribution in [-0.2, 0) is 32.6 Å². The second kappa shape index (κ2) is 15.6. The maximum atomic E-state index is 14.7. The maximum Gasteiger partial charge on any atom is 0.264 e. The van der Waals surface area contributed by atoms with Crippen LogP contribution in [0.25, 0.3) is 0 Å². The van der Waals surface area contributed by atoms with Crippen molar-refractivity contribution in [1.82, 2.24) is 10.2 Å². The Morgan fingerprint density at radius 1 is 0.804 bits per heavy atom. The van der Waals surface area contributed by atoms with E-state index < -0.39 is 28.5 Å². The van der Waals surface area contributed by atoms with Crippen LogP contribution in [0.5, 0.6) is 5.75 Å². The molecule has 1 N–H and O–H groups in total. The Morgan fingerprint density at radius 3 is 2.07 bits per heavy atom. The summed E-state index contributed by atoms with van der Waals surface area (Å²) in [6.45, 7) is 7.81. The van der Waals surface area contributed by atoms with Gasteiger partial charge in [0.25, 0.3) is 10.0 Å². The van der Waals surface area contributed by atoms with Gasteiger partial charge in [0.05, 0.1) is 17.7 Å². The number of nitrogens with zero attached hydrogens (tertiary/aromatic N) is 2. The van der Waals surface area contributed by atoms with Crippen LogP contribution in [0.2, 0.25) is 0 Å². The minimum atomic E-state index is -4.23. The van der Waals surface area contributed by atoms with Gasteiger partial charge in [-0.25, -0.2) is 8.42 Å². The van der Waals surface area contributed by atoms with Crippen LogP contribution in [0.15, 0.2) is 108 Å². The lowest BCUT2D eigenvalue weighted by Crippen LogP contribution is -2.53. The largest absolute Gasteiger partial charge is 0.495 e. The van der Waals surface area contributed by atoms with E-state index in [1.807, 2.05) is 88.4 Å². The highest BCUT2D eigenvalue weighted by atomic mass is 32.2. The number of anilines is 1. The molecule has 4 rings (SSSR count). The van der Waals surface area contributed by atoms with Crippen molar-refractivity contribution >= 4 is 27.5 Å². The molecule has 9 heteroatoms. The predicted octanol–water partition coefficient (Wildman–Crippen LogP) is 5.92. The Kier molecular flexibility index (Phi) is 11.6. The molecule has 8 nitrogen and oxygen atoms in total. The summed E-state index contributed by atoms with van der Waals surface area (Å²) in [6.07, 6.45) is 0.252. The molecule has 0 saturated heterocycles. The van der Waals surface area contributed by atoms with E-state index >= 15 is 0 Å². The number of carbonyl (C=O) groups is 2. The fourth-order valence-electron chi connectivity index (χ4n) is 5.21. The summed E-state index contributed by atoms with van der Waals surface area (Å²) >= 11 is 0. The summed E-state index contributed by atoms with van der Waals surface area (Å²) in [5, 5.41) is 3.02. The number of hydrogen-bond donors (Lipinski definition) is 1. The molecule has 0 fully saturated rings. The molecule has 0 spiro atoms. The lowest BCUT2D eigenvalue weighted by Gasteiger charge is -2.34. The highest BCUT2D eigenvalue weighted by Crippen LogP contribution is 2.34. The molecule has 2 amide bonds. The number of carbonyl (C=O) groups excluding carboxylic acids is 2.